The quantitative estimate of drug-likeness (QED) is 0.351. The molecule has 0 N–H and O–H groups in total. The van der Waals surface area contributed by atoms with Gasteiger partial charge in [-0.15, -0.1) is 0 Å². The van der Waals surface area contributed by atoms with Crippen LogP contribution in [-0.2, 0) is 14.3 Å². The highest BCUT2D eigenvalue weighted by Gasteiger charge is 2.37. The van der Waals surface area contributed by atoms with Crippen molar-refractivity contribution in [3.05, 3.63) is 53.6 Å². The first kappa shape index (κ1) is 22.9. The van der Waals surface area contributed by atoms with E-state index < -0.39 is 10.1 Å². The largest absolute Gasteiger partial charge is 0.296 e. The number of hydrogen-bond acceptors (Lipinski definition) is 3. The molecule has 0 bridgehead atoms. The van der Waals surface area contributed by atoms with Gasteiger partial charge in [-0.2, -0.15) is 8.42 Å². The van der Waals surface area contributed by atoms with Crippen molar-refractivity contribution in [3.63, 3.8) is 0 Å². The molecule has 0 radical (unpaired) electrons. The van der Waals surface area contributed by atoms with Crippen LogP contribution in [0.3, 0.4) is 0 Å². The van der Waals surface area contributed by atoms with Crippen molar-refractivity contribution >= 4 is 10.1 Å². The van der Waals surface area contributed by atoms with Gasteiger partial charge < -0.3 is 0 Å². The van der Waals surface area contributed by atoms with Crippen molar-refractivity contribution < 1.29 is 12.6 Å². The van der Waals surface area contributed by atoms with E-state index in [1.54, 1.807) is 24.3 Å². The van der Waals surface area contributed by atoms with Crippen LogP contribution in [0.5, 0.6) is 0 Å². The van der Waals surface area contributed by atoms with Gasteiger partial charge >= 0.3 is 0 Å². The average Bonchev–Trinajstić information content (AvgIpc) is 2.62. The minimum Gasteiger partial charge on any atom is -0.266 e. The van der Waals surface area contributed by atoms with Gasteiger partial charge in [0.15, 0.2) is 0 Å². The molecule has 4 heteroatoms. The number of hydrogen-bond donors (Lipinski definition) is 0. The van der Waals surface area contributed by atoms with Gasteiger partial charge in [-0.3, -0.25) is 4.18 Å². The van der Waals surface area contributed by atoms with Crippen LogP contribution in [0.25, 0.3) is 0 Å². The molecule has 0 aliphatic heterocycles. The Labute approximate surface area is 172 Å². The van der Waals surface area contributed by atoms with E-state index in [1.807, 2.05) is 6.92 Å². The molecule has 0 amide bonds. The normalized spacial score (nSPS) is 21.9. The summed E-state index contributed by atoms with van der Waals surface area (Å²) in [5.41, 5.74) is 2.33. The van der Waals surface area contributed by atoms with Gasteiger partial charge in [0, 0.05) is 0 Å². The lowest BCUT2D eigenvalue weighted by Gasteiger charge is -2.40. The molecule has 3 nitrogen and oxygen atoms in total. The fourth-order valence-corrected chi connectivity index (χ4v) is 5.05. The molecule has 156 valence electrons. The molecule has 28 heavy (non-hydrogen) atoms. The fraction of sp³-hybridized carbons (Fsp3) is 0.583. The number of rotatable bonds is 9. The molecule has 0 fully saturated rings. The highest BCUT2D eigenvalue weighted by molar-refractivity contribution is 7.86. The summed E-state index contributed by atoms with van der Waals surface area (Å²) in [5, 5.41) is 0. The van der Waals surface area contributed by atoms with Gasteiger partial charge in [0.25, 0.3) is 10.1 Å². The van der Waals surface area contributed by atoms with Crippen molar-refractivity contribution in [3.8, 4) is 0 Å². The van der Waals surface area contributed by atoms with Crippen LogP contribution in [0.2, 0.25) is 0 Å². The van der Waals surface area contributed by atoms with Crippen LogP contribution in [-0.4, -0.2) is 15.0 Å². The first-order chi connectivity index (χ1) is 13.1. The summed E-state index contributed by atoms with van der Waals surface area (Å²) in [6.07, 6.45) is 12.2. The number of benzene rings is 1. The predicted molar refractivity (Wildman–Crippen MR) is 117 cm³/mol. The third kappa shape index (κ3) is 6.31. The third-order valence-electron chi connectivity index (χ3n) is 6.01. The Kier molecular flexibility index (Phi) is 8.08. The second kappa shape index (κ2) is 9.89. The van der Waals surface area contributed by atoms with Gasteiger partial charge in [0.1, 0.15) is 0 Å². The molecule has 0 unspecified atom stereocenters. The molecule has 0 aromatic heterocycles. The Bertz CT molecular complexity index is 786. The van der Waals surface area contributed by atoms with Gasteiger partial charge in [-0.1, -0.05) is 55.3 Å². The average molecular weight is 405 g/mol. The van der Waals surface area contributed by atoms with Crippen molar-refractivity contribution in [2.24, 2.45) is 17.3 Å². The van der Waals surface area contributed by atoms with E-state index in [-0.39, 0.29) is 22.8 Å². The SMILES string of the molecule is CC(C)=CCC[C@@H](C)[C@@H](COS(=O)(=O)c1ccc(C)cc1)[C@]1(C)C=CCCC1. The highest BCUT2D eigenvalue weighted by atomic mass is 32.2. The first-order valence-electron chi connectivity index (χ1n) is 10.4. The van der Waals surface area contributed by atoms with Crippen LogP contribution in [0.15, 0.2) is 53.0 Å². The lowest BCUT2D eigenvalue weighted by molar-refractivity contribution is 0.0928. The Morgan fingerprint density at radius 3 is 2.50 bits per heavy atom. The maximum Gasteiger partial charge on any atom is 0.296 e. The second-order valence-electron chi connectivity index (χ2n) is 8.79. The molecule has 1 aliphatic carbocycles. The molecule has 0 heterocycles. The maximum atomic E-state index is 12.7. The Morgan fingerprint density at radius 1 is 1.25 bits per heavy atom. The van der Waals surface area contributed by atoms with Crippen LogP contribution >= 0.6 is 0 Å². The van der Waals surface area contributed by atoms with Crippen molar-refractivity contribution in [2.45, 2.75) is 71.6 Å². The molecule has 0 saturated carbocycles. The monoisotopic (exact) mass is 404 g/mol. The van der Waals surface area contributed by atoms with Crippen LogP contribution in [0.1, 0.15) is 65.4 Å². The predicted octanol–water partition coefficient (Wildman–Crippen LogP) is 6.45. The third-order valence-corrected chi connectivity index (χ3v) is 7.30. The van der Waals surface area contributed by atoms with Crippen LogP contribution in [0, 0.1) is 24.2 Å². The fourth-order valence-electron chi connectivity index (χ4n) is 4.12. The van der Waals surface area contributed by atoms with Crippen molar-refractivity contribution in [1.82, 2.24) is 0 Å². The summed E-state index contributed by atoms with van der Waals surface area (Å²) in [6.45, 7) is 10.9. The smallest absolute Gasteiger partial charge is 0.266 e. The molecule has 1 aromatic rings. The lowest BCUT2D eigenvalue weighted by atomic mass is 9.66. The van der Waals surface area contributed by atoms with Crippen LogP contribution in [0.4, 0.5) is 0 Å². The van der Waals surface area contributed by atoms with E-state index in [0.29, 0.717) is 5.92 Å². The van der Waals surface area contributed by atoms with E-state index in [9.17, 15) is 8.42 Å². The molecule has 2 rings (SSSR count). The minimum absolute atomic E-state index is 0.0224. The summed E-state index contributed by atoms with van der Waals surface area (Å²) >= 11 is 0. The van der Waals surface area contributed by atoms with E-state index in [0.717, 1.165) is 37.7 Å². The van der Waals surface area contributed by atoms with Gasteiger partial charge in [0.05, 0.1) is 11.5 Å². The molecule has 3 atom stereocenters. The van der Waals surface area contributed by atoms with E-state index in [2.05, 4.69) is 45.9 Å². The first-order valence-corrected chi connectivity index (χ1v) is 11.8. The Balaban J connectivity index is 2.16. The van der Waals surface area contributed by atoms with Gasteiger partial charge in [0.2, 0.25) is 0 Å². The lowest BCUT2D eigenvalue weighted by Crippen LogP contribution is -2.36. The Hall–Kier alpha value is -1.39. The number of allylic oxidation sites excluding steroid dienone is 4. The minimum atomic E-state index is -3.74. The Morgan fingerprint density at radius 2 is 1.93 bits per heavy atom. The molecular weight excluding hydrogens is 368 g/mol. The maximum absolute atomic E-state index is 12.7. The standard InChI is InChI=1S/C24H36O3S/c1-19(2)10-9-11-21(4)23(24(5)16-7-6-8-17-24)18-27-28(25,26)22-14-12-20(3)13-15-22/h7,10,12-16,21,23H,6,8-9,11,17-18H2,1-5H3/t21-,23-,24-/m1/s1. The topological polar surface area (TPSA) is 43.4 Å². The second-order valence-corrected chi connectivity index (χ2v) is 10.4. The summed E-state index contributed by atoms with van der Waals surface area (Å²) < 4.78 is 31.0. The zero-order chi connectivity index (χ0) is 20.8. The number of aryl methyl sites for hydroxylation is 1. The van der Waals surface area contributed by atoms with E-state index in [1.165, 1.54) is 5.57 Å². The summed E-state index contributed by atoms with van der Waals surface area (Å²) in [5.74, 6) is 0.534. The summed E-state index contributed by atoms with van der Waals surface area (Å²) in [6, 6.07) is 6.86. The molecule has 1 aliphatic rings. The summed E-state index contributed by atoms with van der Waals surface area (Å²) in [4.78, 5) is 0.235. The van der Waals surface area contributed by atoms with E-state index >= 15 is 0 Å². The van der Waals surface area contributed by atoms with Crippen molar-refractivity contribution in [2.75, 3.05) is 6.61 Å². The molecule has 0 saturated heterocycles. The zero-order valence-corrected chi connectivity index (χ0v) is 18.9. The van der Waals surface area contributed by atoms with Crippen LogP contribution < -0.4 is 0 Å². The van der Waals surface area contributed by atoms with Gasteiger partial charge in [-0.25, -0.2) is 0 Å². The summed E-state index contributed by atoms with van der Waals surface area (Å²) in [7, 11) is -3.74. The molecule has 0 spiro atoms. The van der Waals surface area contributed by atoms with E-state index in [4.69, 9.17) is 4.18 Å². The van der Waals surface area contributed by atoms with Gasteiger partial charge in [-0.05, 0) is 82.3 Å². The van der Waals surface area contributed by atoms with Crippen molar-refractivity contribution in [1.29, 1.82) is 0 Å². The molecular formula is C24H36O3S. The highest BCUT2D eigenvalue weighted by Crippen LogP contribution is 2.43. The zero-order valence-electron chi connectivity index (χ0n) is 18.1. The molecule has 1 aromatic carbocycles.